The number of ether oxygens (including phenoxy) is 1. The molecule has 2 heterocycles. The summed E-state index contributed by atoms with van der Waals surface area (Å²) < 4.78 is 5.21. The Morgan fingerprint density at radius 3 is 2.60 bits per heavy atom. The van der Waals surface area contributed by atoms with E-state index in [0.717, 1.165) is 0 Å². The Kier molecular flexibility index (Phi) is 4.83. The van der Waals surface area contributed by atoms with Crippen LogP contribution in [0.15, 0.2) is 18.7 Å². The van der Waals surface area contributed by atoms with Crippen molar-refractivity contribution < 1.29 is 19.4 Å². The average Bonchev–Trinajstić information content (AvgIpc) is 2.46. The predicted octanol–water partition coefficient (Wildman–Crippen LogP) is 0.574. The zero-order valence-electron chi connectivity index (χ0n) is 10.9. The summed E-state index contributed by atoms with van der Waals surface area (Å²) in [5.41, 5.74) is 0.543. The second-order valence-corrected chi connectivity index (χ2v) is 4.45. The van der Waals surface area contributed by atoms with Crippen LogP contribution in [0.2, 0.25) is 0 Å². The van der Waals surface area contributed by atoms with Gasteiger partial charge in [0.15, 0.2) is 0 Å². The van der Waals surface area contributed by atoms with Crippen LogP contribution in [0.5, 0.6) is 0 Å². The highest BCUT2D eigenvalue weighted by molar-refractivity contribution is 5.88. The molecular weight excluding hydrogens is 264 g/mol. The molecule has 0 bridgehead atoms. The zero-order chi connectivity index (χ0) is 14.4. The van der Waals surface area contributed by atoms with E-state index in [2.05, 4.69) is 15.3 Å². The van der Waals surface area contributed by atoms with E-state index in [0.29, 0.717) is 31.6 Å². The molecule has 0 aromatic carbocycles. The highest BCUT2D eigenvalue weighted by Crippen LogP contribution is 2.15. The number of aliphatic carboxylic acids is 1. The first kappa shape index (κ1) is 14.2. The number of carboxylic acid groups (broad SMARTS) is 1. The van der Waals surface area contributed by atoms with Crippen molar-refractivity contribution in [3.8, 4) is 0 Å². The Balaban J connectivity index is 1.76. The fourth-order valence-electron chi connectivity index (χ4n) is 1.98. The summed E-state index contributed by atoms with van der Waals surface area (Å²) >= 11 is 0. The van der Waals surface area contributed by atoms with Gasteiger partial charge in [-0.3, -0.25) is 0 Å². The monoisotopic (exact) mass is 280 g/mol. The third kappa shape index (κ3) is 4.16. The van der Waals surface area contributed by atoms with E-state index >= 15 is 0 Å². The molecule has 8 nitrogen and oxygen atoms in total. The van der Waals surface area contributed by atoms with Crippen LogP contribution in [0, 0.1) is 0 Å². The molecular formula is C12H16N4O4. The van der Waals surface area contributed by atoms with Gasteiger partial charge in [-0.05, 0) is 12.8 Å². The fourth-order valence-corrected chi connectivity index (χ4v) is 1.98. The van der Waals surface area contributed by atoms with E-state index in [1.165, 1.54) is 18.7 Å². The lowest BCUT2D eigenvalue weighted by atomic mass is 10.1. The van der Waals surface area contributed by atoms with Crippen molar-refractivity contribution in [2.24, 2.45) is 0 Å². The third-order valence-electron chi connectivity index (χ3n) is 2.98. The minimum atomic E-state index is -0.978. The Bertz CT molecular complexity index is 460. The van der Waals surface area contributed by atoms with Crippen LogP contribution in [0.3, 0.4) is 0 Å². The number of aromatic nitrogens is 2. The third-order valence-corrected chi connectivity index (χ3v) is 2.98. The van der Waals surface area contributed by atoms with E-state index in [4.69, 9.17) is 9.84 Å². The first-order valence-corrected chi connectivity index (χ1v) is 6.29. The van der Waals surface area contributed by atoms with Gasteiger partial charge >= 0.3 is 12.0 Å². The van der Waals surface area contributed by atoms with Crippen molar-refractivity contribution in [2.45, 2.75) is 18.9 Å². The molecule has 0 unspecified atom stereocenters. The first-order valence-electron chi connectivity index (χ1n) is 6.29. The summed E-state index contributed by atoms with van der Waals surface area (Å²) in [5, 5.41) is 11.2. The molecule has 108 valence electrons. The molecule has 20 heavy (non-hydrogen) atoms. The largest absolute Gasteiger partial charge is 0.480 e. The van der Waals surface area contributed by atoms with Gasteiger partial charge in [0.2, 0.25) is 0 Å². The van der Waals surface area contributed by atoms with Crippen LogP contribution in [0.4, 0.5) is 10.5 Å². The normalized spacial score (nSPS) is 15.9. The molecule has 0 saturated carbocycles. The zero-order valence-corrected chi connectivity index (χ0v) is 10.9. The molecule has 1 saturated heterocycles. The van der Waals surface area contributed by atoms with Gasteiger partial charge in [-0.1, -0.05) is 0 Å². The summed E-state index contributed by atoms with van der Waals surface area (Å²) in [5.74, 6) is -0.978. The van der Waals surface area contributed by atoms with Gasteiger partial charge in [0.05, 0.1) is 24.2 Å². The number of hydrogen-bond donors (Lipinski definition) is 2. The lowest BCUT2D eigenvalue weighted by molar-refractivity contribution is -0.145. The summed E-state index contributed by atoms with van der Waals surface area (Å²) in [6, 6.07) is -0.212. The standard InChI is InChI=1S/C12H16N4O4/c17-11(18)7-20-10-1-3-16(4-2-10)12(19)15-9-5-13-8-14-6-9/h5-6,8,10H,1-4,7H2,(H,15,19)(H,17,18). The molecule has 1 fully saturated rings. The van der Waals surface area contributed by atoms with Crippen LogP contribution in [0.25, 0.3) is 0 Å². The number of piperidine rings is 1. The Morgan fingerprint density at radius 2 is 2.00 bits per heavy atom. The summed E-state index contributed by atoms with van der Waals surface area (Å²) in [4.78, 5) is 31.7. The lowest BCUT2D eigenvalue weighted by Gasteiger charge is -2.31. The van der Waals surface area contributed by atoms with Crippen molar-refractivity contribution in [3.63, 3.8) is 0 Å². The number of carboxylic acids is 1. The van der Waals surface area contributed by atoms with Crippen molar-refractivity contribution in [1.29, 1.82) is 0 Å². The van der Waals surface area contributed by atoms with Crippen LogP contribution < -0.4 is 5.32 Å². The highest BCUT2D eigenvalue weighted by atomic mass is 16.5. The molecule has 8 heteroatoms. The maximum atomic E-state index is 12.0. The van der Waals surface area contributed by atoms with Crippen LogP contribution in [0.1, 0.15) is 12.8 Å². The maximum absolute atomic E-state index is 12.0. The van der Waals surface area contributed by atoms with Crippen LogP contribution in [-0.2, 0) is 9.53 Å². The second kappa shape index (κ2) is 6.80. The predicted molar refractivity (Wildman–Crippen MR) is 69.2 cm³/mol. The smallest absolute Gasteiger partial charge is 0.329 e. The summed E-state index contributed by atoms with van der Waals surface area (Å²) in [7, 11) is 0. The Labute approximate surface area is 115 Å². The number of likely N-dealkylation sites (tertiary alicyclic amines) is 1. The molecule has 0 atom stereocenters. The van der Waals surface area contributed by atoms with Crippen molar-refractivity contribution in [2.75, 3.05) is 25.0 Å². The number of hydrogen-bond acceptors (Lipinski definition) is 5. The van der Waals surface area contributed by atoms with Crippen LogP contribution in [-0.4, -0.2) is 57.8 Å². The van der Waals surface area contributed by atoms with Gasteiger partial charge in [-0.25, -0.2) is 19.6 Å². The Morgan fingerprint density at radius 1 is 1.35 bits per heavy atom. The van der Waals surface area contributed by atoms with E-state index in [1.807, 2.05) is 0 Å². The minimum Gasteiger partial charge on any atom is -0.480 e. The number of nitrogens with zero attached hydrogens (tertiary/aromatic N) is 3. The highest BCUT2D eigenvalue weighted by Gasteiger charge is 2.23. The Hall–Kier alpha value is -2.22. The molecule has 1 aliphatic rings. The van der Waals surface area contributed by atoms with Gasteiger partial charge in [-0.15, -0.1) is 0 Å². The van der Waals surface area contributed by atoms with Crippen LogP contribution >= 0.6 is 0 Å². The fraction of sp³-hybridized carbons (Fsp3) is 0.500. The van der Waals surface area contributed by atoms with E-state index in [1.54, 1.807) is 4.90 Å². The molecule has 0 radical (unpaired) electrons. The van der Waals surface area contributed by atoms with E-state index in [-0.39, 0.29) is 18.7 Å². The molecule has 1 aromatic heterocycles. The van der Waals surface area contributed by atoms with Crippen molar-refractivity contribution >= 4 is 17.7 Å². The number of urea groups is 1. The first-order chi connectivity index (χ1) is 9.65. The maximum Gasteiger partial charge on any atom is 0.329 e. The number of amides is 2. The van der Waals surface area contributed by atoms with Gasteiger partial charge in [0.25, 0.3) is 0 Å². The lowest BCUT2D eigenvalue weighted by Crippen LogP contribution is -2.43. The van der Waals surface area contributed by atoms with E-state index in [9.17, 15) is 9.59 Å². The summed E-state index contributed by atoms with van der Waals surface area (Å²) in [6.07, 6.45) is 5.59. The van der Waals surface area contributed by atoms with Gasteiger partial charge in [-0.2, -0.15) is 0 Å². The molecule has 2 rings (SSSR count). The van der Waals surface area contributed by atoms with Gasteiger partial charge < -0.3 is 20.1 Å². The average molecular weight is 280 g/mol. The molecule has 2 amide bonds. The molecule has 0 spiro atoms. The quantitative estimate of drug-likeness (QED) is 0.835. The van der Waals surface area contributed by atoms with Gasteiger partial charge in [0.1, 0.15) is 12.9 Å². The number of rotatable bonds is 4. The summed E-state index contributed by atoms with van der Waals surface area (Å²) in [6.45, 7) is 0.770. The number of carbonyl (C=O) groups excluding carboxylic acids is 1. The number of nitrogens with one attached hydrogen (secondary N) is 1. The molecule has 1 aliphatic heterocycles. The molecule has 0 aliphatic carbocycles. The number of carbonyl (C=O) groups is 2. The second-order valence-electron chi connectivity index (χ2n) is 4.45. The van der Waals surface area contributed by atoms with Crippen molar-refractivity contribution in [1.82, 2.24) is 14.9 Å². The molecule has 2 N–H and O–H groups in total. The minimum absolute atomic E-state index is 0.102. The van der Waals surface area contributed by atoms with Crippen molar-refractivity contribution in [3.05, 3.63) is 18.7 Å². The SMILES string of the molecule is O=C(O)COC1CCN(C(=O)Nc2cncnc2)CC1. The number of anilines is 1. The molecule has 1 aromatic rings. The van der Waals surface area contributed by atoms with Gasteiger partial charge in [0, 0.05) is 13.1 Å². The van der Waals surface area contributed by atoms with E-state index < -0.39 is 5.97 Å². The topological polar surface area (TPSA) is 105 Å².